The minimum absolute atomic E-state index is 0.161. The number of nitrogens with zero attached hydrogens (tertiary/aromatic N) is 1. The van der Waals surface area contributed by atoms with Crippen LogP contribution in [-0.2, 0) is 9.47 Å². The third-order valence-corrected chi connectivity index (χ3v) is 4.28. The van der Waals surface area contributed by atoms with Gasteiger partial charge in [0.2, 0.25) is 0 Å². The minimum Gasteiger partial charge on any atom is -0.490 e. The van der Waals surface area contributed by atoms with E-state index in [0.717, 1.165) is 4.90 Å². The molecule has 0 bridgehead atoms. The fourth-order valence-corrected chi connectivity index (χ4v) is 3.00. The maximum Gasteiger partial charge on any atom is 0.410 e. The number of ether oxygens (including phenoxy) is 3. The molecule has 1 heterocycles. The van der Waals surface area contributed by atoms with Crippen LogP contribution in [0, 0.1) is 0 Å². The van der Waals surface area contributed by atoms with Crippen LogP contribution in [0.3, 0.4) is 0 Å². The largest absolute Gasteiger partial charge is 0.490 e. The molecule has 1 aromatic rings. The number of carbonyl (C=O) groups is 2. The number of alkyl halides is 2. The zero-order valence-corrected chi connectivity index (χ0v) is 17.1. The second-order valence-corrected chi connectivity index (χ2v) is 8.18. The van der Waals surface area contributed by atoms with E-state index in [-0.39, 0.29) is 17.9 Å². The molecule has 150 valence electrons. The van der Waals surface area contributed by atoms with Crippen molar-refractivity contribution in [2.24, 2.45) is 0 Å². The summed E-state index contributed by atoms with van der Waals surface area (Å²) in [6.45, 7) is 4.03. The lowest BCUT2D eigenvalue weighted by Gasteiger charge is -2.28. The molecule has 1 amide bonds. The monoisotopic (exact) mass is 449 g/mol. The Labute approximate surface area is 164 Å². The summed E-state index contributed by atoms with van der Waals surface area (Å²) in [5, 5.41) is 0. The van der Waals surface area contributed by atoms with Gasteiger partial charge in [-0.1, -0.05) is 15.9 Å². The summed E-state index contributed by atoms with van der Waals surface area (Å²) in [4.78, 5) is 25.1. The Kier molecular flexibility index (Phi) is 6.34. The summed E-state index contributed by atoms with van der Waals surface area (Å²) in [5.74, 6) is -3.47. The third kappa shape index (κ3) is 5.79. The summed E-state index contributed by atoms with van der Waals surface area (Å²) in [7, 11) is 1.23. The lowest BCUT2D eigenvalue weighted by molar-refractivity contribution is -0.00274. The first-order chi connectivity index (χ1) is 12.4. The summed E-state index contributed by atoms with van der Waals surface area (Å²) in [5.41, 5.74) is -0.641. The van der Waals surface area contributed by atoms with E-state index in [4.69, 9.17) is 14.2 Å². The van der Waals surface area contributed by atoms with Gasteiger partial charge < -0.3 is 14.2 Å². The van der Waals surface area contributed by atoms with Crippen molar-refractivity contribution in [3.05, 3.63) is 28.2 Å². The van der Waals surface area contributed by atoms with E-state index in [2.05, 4.69) is 15.9 Å². The van der Waals surface area contributed by atoms with E-state index >= 15 is 0 Å². The van der Waals surface area contributed by atoms with Crippen molar-refractivity contribution in [3.8, 4) is 5.75 Å². The van der Waals surface area contributed by atoms with Gasteiger partial charge >= 0.3 is 12.1 Å². The summed E-state index contributed by atoms with van der Waals surface area (Å²) in [6.07, 6.45) is -1.37. The van der Waals surface area contributed by atoms with Gasteiger partial charge in [0.05, 0.1) is 19.7 Å². The molecule has 1 atom stereocenters. The Morgan fingerprint density at radius 3 is 2.59 bits per heavy atom. The van der Waals surface area contributed by atoms with Crippen LogP contribution in [0.25, 0.3) is 0 Å². The molecule has 0 saturated carbocycles. The topological polar surface area (TPSA) is 65.1 Å². The second kappa shape index (κ2) is 8.00. The van der Waals surface area contributed by atoms with Crippen LogP contribution in [0.2, 0.25) is 0 Å². The number of halogens is 3. The van der Waals surface area contributed by atoms with Gasteiger partial charge in [0, 0.05) is 10.9 Å². The average molecular weight is 450 g/mol. The quantitative estimate of drug-likeness (QED) is 0.642. The van der Waals surface area contributed by atoms with Gasteiger partial charge in [-0.25, -0.2) is 18.4 Å². The Balaban J connectivity index is 2.16. The van der Waals surface area contributed by atoms with Gasteiger partial charge in [-0.05, 0) is 39.0 Å². The van der Waals surface area contributed by atoms with Gasteiger partial charge in [0.15, 0.2) is 0 Å². The number of rotatable bonds is 4. The van der Waals surface area contributed by atoms with Gasteiger partial charge in [-0.3, -0.25) is 4.90 Å². The lowest BCUT2D eigenvalue weighted by Crippen LogP contribution is -2.42. The zero-order valence-electron chi connectivity index (χ0n) is 15.6. The van der Waals surface area contributed by atoms with E-state index in [0.29, 0.717) is 4.47 Å². The van der Waals surface area contributed by atoms with E-state index in [1.54, 1.807) is 26.8 Å². The van der Waals surface area contributed by atoms with Crippen molar-refractivity contribution < 1.29 is 32.6 Å². The fraction of sp³-hybridized carbons (Fsp3) is 0.556. The molecule has 1 aromatic carbocycles. The second-order valence-electron chi connectivity index (χ2n) is 7.27. The number of likely N-dealkylation sites (tertiary alicyclic amines) is 1. The molecule has 0 aliphatic carbocycles. The van der Waals surface area contributed by atoms with Gasteiger partial charge in [0.25, 0.3) is 5.92 Å². The highest BCUT2D eigenvalue weighted by Gasteiger charge is 2.48. The molecule has 27 heavy (non-hydrogen) atoms. The van der Waals surface area contributed by atoms with E-state index in [1.165, 1.54) is 19.2 Å². The molecule has 1 aliphatic heterocycles. The highest BCUT2D eigenvalue weighted by molar-refractivity contribution is 9.10. The number of esters is 1. The van der Waals surface area contributed by atoms with Gasteiger partial charge in [-0.15, -0.1) is 0 Å². The lowest BCUT2D eigenvalue weighted by atomic mass is 10.2. The molecule has 0 unspecified atom stereocenters. The predicted octanol–water partition coefficient (Wildman–Crippen LogP) is 4.26. The molecule has 9 heteroatoms. The fourth-order valence-electron chi connectivity index (χ4n) is 2.66. The van der Waals surface area contributed by atoms with Crippen LogP contribution in [0.15, 0.2) is 22.7 Å². The number of carbonyl (C=O) groups excluding carboxylic acids is 2. The molecule has 0 aromatic heterocycles. The average Bonchev–Trinajstić information content (AvgIpc) is 2.86. The predicted molar refractivity (Wildman–Crippen MR) is 97.3 cm³/mol. The van der Waals surface area contributed by atoms with Crippen LogP contribution >= 0.6 is 15.9 Å². The molecule has 2 rings (SSSR count). The van der Waals surface area contributed by atoms with Crippen LogP contribution in [-0.4, -0.2) is 54.8 Å². The van der Waals surface area contributed by atoms with E-state index < -0.39 is 42.6 Å². The third-order valence-electron chi connectivity index (χ3n) is 3.78. The summed E-state index contributed by atoms with van der Waals surface area (Å²) in [6, 6.07) is 3.78. The van der Waals surface area contributed by atoms with Crippen LogP contribution in [0.4, 0.5) is 13.6 Å². The molecule has 6 nitrogen and oxygen atoms in total. The number of benzene rings is 1. The van der Waals surface area contributed by atoms with E-state index in [1.807, 2.05) is 0 Å². The molecule has 1 fully saturated rings. The van der Waals surface area contributed by atoms with Gasteiger partial charge in [0.1, 0.15) is 23.5 Å². The minimum atomic E-state index is -3.03. The SMILES string of the molecule is COC(=O)c1ccc(Br)cc1OC[C@@H]1CC(F)(F)CN1C(=O)OC(C)(C)C. The van der Waals surface area contributed by atoms with Gasteiger partial charge in [-0.2, -0.15) is 0 Å². The normalized spacial score (nSPS) is 18.9. The molecule has 0 spiro atoms. The number of hydrogen-bond acceptors (Lipinski definition) is 5. The Bertz CT molecular complexity index is 720. The molecule has 1 aliphatic rings. The van der Waals surface area contributed by atoms with Crippen molar-refractivity contribution in [2.45, 2.75) is 44.8 Å². The Morgan fingerprint density at radius 2 is 2.00 bits per heavy atom. The van der Waals surface area contributed by atoms with Crippen LogP contribution in [0.5, 0.6) is 5.75 Å². The molecule has 1 saturated heterocycles. The maximum absolute atomic E-state index is 13.9. The van der Waals surface area contributed by atoms with Crippen molar-refractivity contribution in [2.75, 3.05) is 20.3 Å². The Hall–Kier alpha value is -1.90. The van der Waals surface area contributed by atoms with E-state index in [9.17, 15) is 18.4 Å². The maximum atomic E-state index is 13.9. The first-order valence-electron chi connectivity index (χ1n) is 8.30. The molecular formula is C18H22BrF2NO5. The number of methoxy groups -OCH3 is 1. The van der Waals surface area contributed by atoms with Crippen LogP contribution in [0.1, 0.15) is 37.6 Å². The Morgan fingerprint density at radius 1 is 1.33 bits per heavy atom. The smallest absolute Gasteiger partial charge is 0.410 e. The highest BCUT2D eigenvalue weighted by atomic mass is 79.9. The standard InChI is InChI=1S/C18H22BrF2NO5/c1-17(2,3)27-16(24)22-10-18(20,21)8-12(22)9-26-14-7-11(19)5-6-13(14)15(23)25-4/h5-7,12H,8-10H2,1-4H3/t12-/m0/s1. The first kappa shape index (κ1) is 21.4. The van der Waals surface area contributed by atoms with Crippen LogP contribution < -0.4 is 4.74 Å². The number of hydrogen-bond donors (Lipinski definition) is 0. The number of amides is 1. The van der Waals surface area contributed by atoms with Crippen molar-refractivity contribution in [3.63, 3.8) is 0 Å². The molecule has 0 N–H and O–H groups in total. The van der Waals surface area contributed by atoms with Crippen molar-refractivity contribution in [1.82, 2.24) is 4.90 Å². The summed E-state index contributed by atoms with van der Waals surface area (Å²) < 4.78 is 44.0. The highest BCUT2D eigenvalue weighted by Crippen LogP contribution is 2.34. The molecule has 0 radical (unpaired) electrons. The molecular weight excluding hydrogens is 428 g/mol. The first-order valence-corrected chi connectivity index (χ1v) is 9.09. The van der Waals surface area contributed by atoms with Crippen molar-refractivity contribution >= 4 is 28.0 Å². The summed E-state index contributed by atoms with van der Waals surface area (Å²) >= 11 is 3.27. The zero-order chi connectivity index (χ0) is 20.4. The van der Waals surface area contributed by atoms with Crippen molar-refractivity contribution in [1.29, 1.82) is 0 Å².